The number of likely N-dealkylation sites (N-methyl/N-ethyl adjacent to an activating group) is 2. The third-order valence-electron chi connectivity index (χ3n) is 6.42. The van der Waals surface area contributed by atoms with Gasteiger partial charge >= 0.3 is 12.1 Å². The lowest BCUT2D eigenvalue weighted by Crippen LogP contribution is -2.41. The number of ether oxygens (including phenoxy) is 1. The summed E-state index contributed by atoms with van der Waals surface area (Å²) in [6.07, 6.45) is -5.92. The van der Waals surface area contributed by atoms with E-state index in [9.17, 15) is 27.6 Å². The molecule has 0 aliphatic carbocycles. The van der Waals surface area contributed by atoms with Crippen LogP contribution >= 0.6 is 0 Å². The number of rotatable bonds is 9. The van der Waals surface area contributed by atoms with Gasteiger partial charge in [0.2, 0.25) is 0 Å². The number of esters is 1. The van der Waals surface area contributed by atoms with E-state index in [0.29, 0.717) is 40.6 Å². The molecule has 0 saturated heterocycles. The molecule has 1 unspecified atom stereocenters. The van der Waals surface area contributed by atoms with Gasteiger partial charge in [-0.3, -0.25) is 9.59 Å². The maximum Gasteiger partial charge on any atom is 0.491 e. The van der Waals surface area contributed by atoms with E-state index in [1.54, 1.807) is 74.0 Å². The largest absolute Gasteiger partial charge is 0.491 e. The van der Waals surface area contributed by atoms with Gasteiger partial charge in [0, 0.05) is 43.3 Å². The lowest BCUT2D eigenvalue weighted by Gasteiger charge is -2.26. The summed E-state index contributed by atoms with van der Waals surface area (Å²) in [6, 6.07) is 13.7. The molecule has 1 atom stereocenters. The third-order valence-corrected chi connectivity index (χ3v) is 6.42. The van der Waals surface area contributed by atoms with Gasteiger partial charge < -0.3 is 24.1 Å². The fraction of sp³-hybridized carbons (Fsp3) is 0.333. The van der Waals surface area contributed by atoms with E-state index in [1.807, 2.05) is 0 Å². The van der Waals surface area contributed by atoms with Crippen LogP contribution in [0.3, 0.4) is 0 Å². The average Bonchev–Trinajstić information content (AvgIpc) is 3.30. The molecule has 0 bridgehead atoms. The van der Waals surface area contributed by atoms with Crippen LogP contribution in [0.2, 0.25) is 0 Å². The van der Waals surface area contributed by atoms with Crippen molar-refractivity contribution in [1.82, 2.24) is 24.3 Å². The van der Waals surface area contributed by atoms with Crippen molar-refractivity contribution in [2.75, 3.05) is 26.7 Å². The van der Waals surface area contributed by atoms with Crippen LogP contribution in [-0.2, 0) is 20.9 Å². The Morgan fingerprint density at radius 2 is 1.69 bits per heavy atom. The molecule has 12 heteroatoms. The van der Waals surface area contributed by atoms with Gasteiger partial charge in [-0.05, 0) is 39.1 Å². The molecule has 4 rings (SSSR count). The highest BCUT2D eigenvalue weighted by Gasteiger charge is 2.44. The van der Waals surface area contributed by atoms with Gasteiger partial charge in [-0.1, -0.05) is 30.3 Å². The molecule has 0 aliphatic rings. The second kappa shape index (κ2) is 11.3. The summed E-state index contributed by atoms with van der Waals surface area (Å²) in [5.74, 6) is -3.33. The topological polar surface area (TPSA) is 98.5 Å². The lowest BCUT2D eigenvalue weighted by molar-refractivity contribution is -0.210. The fourth-order valence-corrected chi connectivity index (χ4v) is 4.49. The first-order valence-electron chi connectivity index (χ1n) is 12.4. The maximum atomic E-state index is 13.7. The predicted octanol–water partition coefficient (Wildman–Crippen LogP) is 3.71. The SMILES string of the molecule is CCN(CC)C(=O)C(OC(=O)C(F)(F)F)n1cc(-c2nc3ccccc3n(CCNC)c2=O)c2ccccc21. The highest BCUT2D eigenvalue weighted by atomic mass is 19.4. The Morgan fingerprint density at radius 1 is 1.05 bits per heavy atom. The number of nitrogens with one attached hydrogen (secondary N) is 1. The molecule has 0 fully saturated rings. The van der Waals surface area contributed by atoms with Crippen LogP contribution in [0.1, 0.15) is 20.1 Å². The zero-order valence-corrected chi connectivity index (χ0v) is 21.7. The molecule has 0 aliphatic heterocycles. The van der Waals surface area contributed by atoms with E-state index in [2.05, 4.69) is 10.3 Å². The van der Waals surface area contributed by atoms with Crippen molar-refractivity contribution in [2.24, 2.45) is 0 Å². The summed E-state index contributed by atoms with van der Waals surface area (Å²) >= 11 is 0. The van der Waals surface area contributed by atoms with Gasteiger partial charge in [0.05, 0.1) is 16.6 Å². The Bertz CT molecular complexity index is 1570. The van der Waals surface area contributed by atoms with Crippen LogP contribution in [0, 0.1) is 0 Å². The highest BCUT2D eigenvalue weighted by Crippen LogP contribution is 2.33. The van der Waals surface area contributed by atoms with Gasteiger partial charge in [-0.15, -0.1) is 0 Å². The van der Waals surface area contributed by atoms with Crippen LogP contribution in [-0.4, -0.2) is 63.8 Å². The zero-order valence-electron chi connectivity index (χ0n) is 21.7. The van der Waals surface area contributed by atoms with E-state index in [1.165, 1.54) is 11.1 Å². The summed E-state index contributed by atoms with van der Waals surface area (Å²) in [7, 11) is 1.76. The molecule has 2 aromatic heterocycles. The molecule has 0 radical (unpaired) electrons. The summed E-state index contributed by atoms with van der Waals surface area (Å²) < 4.78 is 47.2. The second-order valence-electron chi connectivity index (χ2n) is 8.74. The Hall–Kier alpha value is -4.19. The lowest BCUT2D eigenvalue weighted by atomic mass is 10.1. The normalized spacial score (nSPS) is 12.6. The zero-order chi connectivity index (χ0) is 28.3. The highest BCUT2D eigenvalue weighted by molar-refractivity contribution is 5.97. The van der Waals surface area contributed by atoms with Crippen LogP contribution in [0.25, 0.3) is 33.2 Å². The van der Waals surface area contributed by atoms with E-state index in [4.69, 9.17) is 4.74 Å². The first-order valence-corrected chi connectivity index (χ1v) is 12.4. The molecule has 2 heterocycles. The van der Waals surface area contributed by atoms with Crippen LogP contribution in [0.4, 0.5) is 13.2 Å². The fourth-order valence-electron chi connectivity index (χ4n) is 4.49. The number of hydrogen-bond donors (Lipinski definition) is 1. The Kier molecular flexibility index (Phi) is 8.05. The minimum absolute atomic E-state index is 0.0518. The number of carbonyl (C=O) groups excluding carboxylic acids is 2. The standard InChI is InChI=1S/C27H28F3N5O4/c1-4-33(5-2)24(37)25(39-26(38)27(28,29)30)35-16-18(17-10-6-8-12-20(17)35)22-23(36)34(15-14-31-3)21-13-9-7-11-19(21)32-22/h6-13,16,25,31H,4-5,14-15H2,1-3H3. The molecule has 4 aromatic rings. The van der Waals surface area contributed by atoms with Gasteiger partial charge in [0.15, 0.2) is 0 Å². The summed E-state index contributed by atoms with van der Waals surface area (Å²) in [5.41, 5.74) is 1.39. The molecule has 39 heavy (non-hydrogen) atoms. The van der Waals surface area contributed by atoms with Crippen molar-refractivity contribution >= 4 is 33.8 Å². The maximum absolute atomic E-state index is 13.7. The molecule has 1 amide bonds. The number of aromatic nitrogens is 3. The van der Waals surface area contributed by atoms with E-state index in [-0.39, 0.29) is 18.8 Å². The first kappa shape index (κ1) is 27.8. The van der Waals surface area contributed by atoms with Gasteiger partial charge in [-0.2, -0.15) is 13.2 Å². The minimum Gasteiger partial charge on any atom is -0.425 e. The Balaban J connectivity index is 1.97. The third kappa shape index (κ3) is 5.37. The Morgan fingerprint density at radius 3 is 2.33 bits per heavy atom. The number of halogens is 3. The van der Waals surface area contributed by atoms with Crippen LogP contribution < -0.4 is 10.9 Å². The van der Waals surface area contributed by atoms with Gasteiger partial charge in [-0.25, -0.2) is 9.78 Å². The van der Waals surface area contributed by atoms with Crippen LogP contribution in [0.15, 0.2) is 59.5 Å². The molecule has 206 valence electrons. The van der Waals surface area contributed by atoms with Crippen molar-refractivity contribution < 1.29 is 27.5 Å². The summed E-state index contributed by atoms with van der Waals surface area (Å²) in [6.45, 7) is 4.54. The van der Waals surface area contributed by atoms with Crippen molar-refractivity contribution in [3.05, 3.63) is 65.1 Å². The van der Waals surface area contributed by atoms with Crippen molar-refractivity contribution in [3.63, 3.8) is 0 Å². The number of hydrogen-bond acceptors (Lipinski definition) is 6. The number of nitrogens with zero attached hydrogens (tertiary/aromatic N) is 4. The number of para-hydroxylation sites is 3. The van der Waals surface area contributed by atoms with Gasteiger partial charge in [0.1, 0.15) is 5.69 Å². The second-order valence-corrected chi connectivity index (χ2v) is 8.74. The van der Waals surface area contributed by atoms with Crippen LogP contribution in [0.5, 0.6) is 0 Å². The monoisotopic (exact) mass is 543 g/mol. The van der Waals surface area contributed by atoms with Gasteiger partial charge in [0.25, 0.3) is 17.7 Å². The molecule has 1 N–H and O–H groups in total. The average molecular weight is 544 g/mol. The van der Waals surface area contributed by atoms with E-state index >= 15 is 0 Å². The molecular weight excluding hydrogens is 515 g/mol. The quantitative estimate of drug-likeness (QED) is 0.323. The number of carbonyl (C=O) groups is 2. The number of amides is 1. The van der Waals surface area contributed by atoms with E-state index < -0.39 is 29.8 Å². The Labute approximate surface area is 221 Å². The van der Waals surface area contributed by atoms with E-state index in [0.717, 1.165) is 4.57 Å². The summed E-state index contributed by atoms with van der Waals surface area (Å²) in [5, 5.41) is 3.47. The molecule has 0 spiro atoms. The molecule has 9 nitrogen and oxygen atoms in total. The first-order chi connectivity index (χ1) is 18.6. The molecule has 0 saturated carbocycles. The minimum atomic E-state index is -5.31. The van der Waals surface area contributed by atoms with Crippen molar-refractivity contribution in [2.45, 2.75) is 32.8 Å². The number of fused-ring (bicyclic) bond motifs is 2. The van der Waals surface area contributed by atoms with Crippen molar-refractivity contribution in [1.29, 1.82) is 0 Å². The number of benzene rings is 2. The predicted molar refractivity (Wildman–Crippen MR) is 140 cm³/mol. The molecule has 2 aromatic carbocycles. The smallest absolute Gasteiger partial charge is 0.425 e. The summed E-state index contributed by atoms with van der Waals surface area (Å²) in [4.78, 5) is 44.8. The van der Waals surface area contributed by atoms with Crippen molar-refractivity contribution in [3.8, 4) is 11.3 Å². The molecular formula is C27H28F3N5O4. The number of alkyl halides is 3.